The van der Waals surface area contributed by atoms with E-state index in [9.17, 15) is 16.8 Å². The minimum atomic E-state index is -4.20. The molecule has 0 aliphatic carbocycles. The predicted molar refractivity (Wildman–Crippen MR) is 126 cm³/mol. The fraction of sp³-hybridized carbons (Fsp3) is 0. The zero-order chi connectivity index (χ0) is 23.1. The predicted octanol–water partition coefficient (Wildman–Crippen LogP) is 5.99. The van der Waals surface area contributed by atoms with Crippen LogP contribution in [-0.4, -0.2) is 16.8 Å². The Morgan fingerprint density at radius 2 is 1.34 bits per heavy atom. The Balaban J connectivity index is 1.70. The molecule has 4 rings (SSSR count). The number of hydrogen-bond donors (Lipinski definition) is 2. The van der Waals surface area contributed by atoms with E-state index in [4.69, 9.17) is 39.2 Å². The molecule has 12 heteroatoms. The lowest BCUT2D eigenvalue weighted by atomic mass is 10.3. The highest BCUT2D eigenvalue weighted by atomic mass is 35.5. The van der Waals surface area contributed by atoms with E-state index in [-0.39, 0.29) is 36.4 Å². The Morgan fingerprint density at radius 1 is 0.688 bits per heavy atom. The second-order valence-corrected chi connectivity index (χ2v) is 11.1. The molecule has 0 bridgehead atoms. The van der Waals surface area contributed by atoms with Crippen molar-refractivity contribution in [1.82, 2.24) is 0 Å². The molecule has 0 radical (unpaired) electrons. The molecule has 3 aromatic carbocycles. The second kappa shape index (κ2) is 8.49. The van der Waals surface area contributed by atoms with E-state index in [1.54, 1.807) is 24.3 Å². The van der Waals surface area contributed by atoms with Crippen molar-refractivity contribution in [3.8, 4) is 0 Å². The molecule has 4 aromatic rings. The monoisotopic (exact) mass is 530 g/mol. The van der Waals surface area contributed by atoms with Crippen molar-refractivity contribution in [3.05, 3.63) is 81.8 Å². The molecular weight excluding hydrogens is 519 g/mol. The summed E-state index contributed by atoms with van der Waals surface area (Å²) in [4.78, 5) is -0.232. The van der Waals surface area contributed by atoms with Gasteiger partial charge in [-0.15, -0.1) is 0 Å². The van der Waals surface area contributed by atoms with Gasteiger partial charge in [-0.1, -0.05) is 53.0 Å². The highest BCUT2D eigenvalue weighted by molar-refractivity contribution is 7.93. The molecule has 32 heavy (non-hydrogen) atoms. The normalized spacial score (nSPS) is 12.1. The minimum Gasteiger partial charge on any atom is -0.443 e. The molecule has 0 amide bonds. The second-order valence-electron chi connectivity index (χ2n) is 6.58. The largest absolute Gasteiger partial charge is 0.443 e. The zero-order valence-corrected chi connectivity index (χ0v) is 19.7. The van der Waals surface area contributed by atoms with Crippen molar-refractivity contribution in [1.29, 1.82) is 0 Å². The third-order valence-corrected chi connectivity index (χ3v) is 7.86. The first kappa shape index (κ1) is 22.8. The molecule has 0 saturated carbocycles. The fourth-order valence-electron chi connectivity index (χ4n) is 2.87. The summed E-state index contributed by atoms with van der Waals surface area (Å²) in [5.41, 5.74) is 0.212. The lowest BCUT2D eigenvalue weighted by Gasteiger charge is -2.15. The lowest BCUT2D eigenvalue weighted by molar-refractivity contribution is 0.484. The van der Waals surface area contributed by atoms with Gasteiger partial charge in [0.1, 0.15) is 10.5 Å². The highest BCUT2D eigenvalue weighted by Gasteiger charge is 2.24. The van der Waals surface area contributed by atoms with Crippen LogP contribution in [0.1, 0.15) is 0 Å². The maximum absolute atomic E-state index is 12.9. The fourth-order valence-corrected chi connectivity index (χ4v) is 5.93. The van der Waals surface area contributed by atoms with E-state index >= 15 is 0 Å². The summed E-state index contributed by atoms with van der Waals surface area (Å²) in [6.07, 6.45) is 0. The lowest BCUT2D eigenvalue weighted by Crippen LogP contribution is -2.17. The summed E-state index contributed by atoms with van der Waals surface area (Å²) in [7, 11) is -8.38. The van der Waals surface area contributed by atoms with Crippen LogP contribution in [0.3, 0.4) is 0 Å². The third-order valence-electron chi connectivity index (χ3n) is 4.32. The van der Waals surface area contributed by atoms with Gasteiger partial charge in [-0.2, -0.15) is 8.42 Å². The summed E-state index contributed by atoms with van der Waals surface area (Å²) >= 11 is 17.9. The van der Waals surface area contributed by atoms with Crippen LogP contribution in [0.2, 0.25) is 15.1 Å². The summed E-state index contributed by atoms with van der Waals surface area (Å²) in [5, 5.41) is 0.605. The molecule has 1 aromatic heterocycles. The molecule has 1 heterocycles. The third kappa shape index (κ3) is 4.67. The number of benzene rings is 3. The summed E-state index contributed by atoms with van der Waals surface area (Å²) < 4.78 is 61.6. The summed E-state index contributed by atoms with van der Waals surface area (Å²) in [6.45, 7) is 0. The van der Waals surface area contributed by atoms with E-state index in [0.29, 0.717) is 11.0 Å². The average molecular weight is 532 g/mol. The highest BCUT2D eigenvalue weighted by Crippen LogP contribution is 2.33. The van der Waals surface area contributed by atoms with Crippen molar-refractivity contribution < 1.29 is 21.3 Å². The van der Waals surface area contributed by atoms with E-state index in [1.165, 1.54) is 42.5 Å². The first-order valence-electron chi connectivity index (χ1n) is 8.84. The molecule has 0 aliphatic rings. The van der Waals surface area contributed by atoms with Gasteiger partial charge in [0, 0.05) is 21.5 Å². The van der Waals surface area contributed by atoms with Crippen molar-refractivity contribution in [2.75, 3.05) is 9.44 Å². The number of fused-ring (bicyclic) bond motifs is 1. The van der Waals surface area contributed by atoms with Crippen molar-refractivity contribution in [2.45, 2.75) is 9.99 Å². The number of rotatable bonds is 6. The van der Waals surface area contributed by atoms with Gasteiger partial charge in [-0.3, -0.25) is 9.44 Å². The molecule has 0 unspecified atom stereocenters. The Morgan fingerprint density at radius 3 is 2.06 bits per heavy atom. The van der Waals surface area contributed by atoms with E-state index < -0.39 is 20.0 Å². The first-order valence-corrected chi connectivity index (χ1v) is 12.9. The molecule has 0 spiro atoms. The Labute approximate surface area is 199 Å². The Hall–Kier alpha value is -2.43. The summed E-state index contributed by atoms with van der Waals surface area (Å²) in [5.74, 6) is 0. The van der Waals surface area contributed by atoms with E-state index in [0.717, 1.165) is 0 Å². The summed E-state index contributed by atoms with van der Waals surface area (Å²) in [6, 6.07) is 16.0. The number of sulfonamides is 2. The van der Waals surface area contributed by atoms with Gasteiger partial charge in [-0.05, 0) is 42.5 Å². The van der Waals surface area contributed by atoms with Gasteiger partial charge >= 0.3 is 0 Å². The van der Waals surface area contributed by atoms with E-state index in [2.05, 4.69) is 9.44 Å². The maximum Gasteiger partial charge on any atom is 0.295 e. The Kier molecular flexibility index (Phi) is 6.04. The van der Waals surface area contributed by atoms with Crippen molar-refractivity contribution in [2.24, 2.45) is 0 Å². The molecular formula is C20H13Cl3N2O5S2. The van der Waals surface area contributed by atoms with Crippen LogP contribution >= 0.6 is 34.8 Å². The van der Waals surface area contributed by atoms with Crippen LogP contribution in [0, 0.1) is 0 Å². The maximum atomic E-state index is 12.9. The van der Waals surface area contributed by atoms with Crippen LogP contribution in [-0.2, 0) is 20.0 Å². The quantitative estimate of drug-likeness (QED) is 0.318. The zero-order valence-electron chi connectivity index (χ0n) is 15.8. The smallest absolute Gasteiger partial charge is 0.295 e. The number of hydrogen-bond acceptors (Lipinski definition) is 5. The molecule has 7 nitrogen and oxygen atoms in total. The average Bonchev–Trinajstić information content (AvgIpc) is 3.15. The van der Waals surface area contributed by atoms with Crippen LogP contribution in [0.25, 0.3) is 11.0 Å². The number of halogens is 3. The minimum absolute atomic E-state index is 0.0693. The van der Waals surface area contributed by atoms with Gasteiger partial charge < -0.3 is 4.42 Å². The van der Waals surface area contributed by atoms with Crippen LogP contribution in [0.4, 0.5) is 11.4 Å². The number of nitrogens with one attached hydrogen (secondary N) is 2. The SMILES string of the molecule is O=S(=O)(Nc1cc(Cl)ccc1NS(=O)(=O)c1ccc(Cl)cc1Cl)c1cc2ccccc2o1. The number of furan rings is 1. The molecule has 0 saturated heterocycles. The van der Waals surface area contributed by atoms with Gasteiger partial charge in [0.25, 0.3) is 20.0 Å². The molecule has 166 valence electrons. The van der Waals surface area contributed by atoms with Crippen LogP contribution in [0.15, 0.2) is 81.1 Å². The van der Waals surface area contributed by atoms with Gasteiger partial charge in [-0.25, -0.2) is 8.42 Å². The van der Waals surface area contributed by atoms with E-state index in [1.807, 2.05) is 0 Å². The number of para-hydroxylation sites is 1. The van der Waals surface area contributed by atoms with Gasteiger partial charge in [0.05, 0.1) is 16.4 Å². The molecule has 0 aliphatic heterocycles. The molecule has 0 atom stereocenters. The van der Waals surface area contributed by atoms with Crippen molar-refractivity contribution >= 4 is 77.2 Å². The molecule has 2 N–H and O–H groups in total. The topological polar surface area (TPSA) is 105 Å². The van der Waals surface area contributed by atoms with Gasteiger partial charge in [0.2, 0.25) is 5.09 Å². The molecule has 0 fully saturated rings. The first-order chi connectivity index (χ1) is 15.0. The van der Waals surface area contributed by atoms with Gasteiger partial charge in [0.15, 0.2) is 0 Å². The van der Waals surface area contributed by atoms with Crippen LogP contribution < -0.4 is 9.44 Å². The van der Waals surface area contributed by atoms with Crippen LogP contribution in [0.5, 0.6) is 0 Å². The van der Waals surface area contributed by atoms with Crippen molar-refractivity contribution in [3.63, 3.8) is 0 Å². The Bertz CT molecular complexity index is 1520. The standard InChI is InChI=1S/C20H13Cl3N2O5S2/c21-13-6-8-19(15(23)10-13)31(26,27)24-16-7-5-14(22)11-17(16)25-32(28,29)20-9-12-3-1-2-4-18(12)30-20/h1-11,24-25H. The number of anilines is 2.